The zero-order valence-corrected chi connectivity index (χ0v) is 16.1. The molecule has 1 saturated heterocycles. The summed E-state index contributed by atoms with van der Waals surface area (Å²) in [7, 11) is 0. The smallest absolute Gasteiger partial charge is 0.266 e. The van der Waals surface area contributed by atoms with E-state index in [1.807, 2.05) is 32.6 Å². The van der Waals surface area contributed by atoms with Crippen LogP contribution in [0.15, 0.2) is 0 Å². The number of likely N-dealkylation sites (tertiary alicyclic amines) is 1. The van der Waals surface area contributed by atoms with Crippen molar-refractivity contribution in [3.8, 4) is 11.5 Å². The van der Waals surface area contributed by atoms with E-state index >= 15 is 0 Å². The van der Waals surface area contributed by atoms with Gasteiger partial charge in [-0.1, -0.05) is 0 Å². The Balaban J connectivity index is 1.59. The third kappa shape index (κ3) is 2.51. The van der Waals surface area contributed by atoms with Crippen molar-refractivity contribution in [2.24, 2.45) is 11.8 Å². The highest BCUT2D eigenvalue weighted by molar-refractivity contribution is 5.86. The Labute approximate surface area is 155 Å². The lowest BCUT2D eigenvalue weighted by molar-refractivity contribution is -0.147. The SMILES string of the molecule is Cc1c(C)c2c(c(C)c1O)CCC(C)(C(=O)N1CC3CC(O)CC3C1)O2. The highest BCUT2D eigenvalue weighted by Gasteiger charge is 2.48. The molecule has 3 unspecified atom stereocenters. The molecule has 2 heterocycles. The van der Waals surface area contributed by atoms with Gasteiger partial charge in [-0.25, -0.2) is 0 Å². The van der Waals surface area contributed by atoms with Gasteiger partial charge in [0.15, 0.2) is 5.60 Å². The van der Waals surface area contributed by atoms with Crippen LogP contribution in [0, 0.1) is 32.6 Å². The molecule has 1 aromatic rings. The molecule has 2 fully saturated rings. The summed E-state index contributed by atoms with van der Waals surface area (Å²) < 4.78 is 6.33. The van der Waals surface area contributed by atoms with Gasteiger partial charge in [-0.3, -0.25) is 4.79 Å². The summed E-state index contributed by atoms with van der Waals surface area (Å²) in [5.74, 6) is 2.03. The number of aromatic hydroxyl groups is 1. The lowest BCUT2D eigenvalue weighted by atomic mass is 9.86. The maximum Gasteiger partial charge on any atom is 0.266 e. The second kappa shape index (κ2) is 5.88. The van der Waals surface area contributed by atoms with Crippen molar-refractivity contribution in [3.63, 3.8) is 0 Å². The first-order chi connectivity index (χ1) is 12.2. The summed E-state index contributed by atoms with van der Waals surface area (Å²) in [4.78, 5) is 15.2. The Bertz CT molecular complexity index is 760. The number of carbonyl (C=O) groups is 1. The van der Waals surface area contributed by atoms with E-state index in [0.717, 1.165) is 60.4 Å². The third-order valence-electron chi connectivity index (χ3n) is 6.99. The summed E-state index contributed by atoms with van der Waals surface area (Å²) in [6.07, 6.45) is 2.78. The van der Waals surface area contributed by atoms with Crippen LogP contribution in [0.5, 0.6) is 11.5 Å². The second-order valence-electron chi connectivity index (χ2n) is 8.72. The maximum absolute atomic E-state index is 13.3. The quantitative estimate of drug-likeness (QED) is 0.809. The van der Waals surface area contributed by atoms with Crippen LogP contribution in [-0.2, 0) is 11.2 Å². The lowest BCUT2D eigenvalue weighted by Gasteiger charge is -2.39. The molecule has 4 rings (SSSR count). The maximum atomic E-state index is 13.3. The number of fused-ring (bicyclic) bond motifs is 2. The number of ether oxygens (including phenoxy) is 1. The van der Waals surface area contributed by atoms with Crippen LogP contribution in [0.4, 0.5) is 0 Å². The first kappa shape index (κ1) is 17.7. The average molecular weight is 359 g/mol. The predicted octanol–water partition coefficient (Wildman–Crippen LogP) is 2.63. The number of carbonyl (C=O) groups excluding carboxylic acids is 1. The number of nitrogens with zero attached hydrogens (tertiary/aromatic N) is 1. The predicted molar refractivity (Wildman–Crippen MR) is 98.5 cm³/mol. The minimum absolute atomic E-state index is 0.0646. The molecule has 5 heteroatoms. The van der Waals surface area contributed by atoms with Crippen LogP contribution < -0.4 is 4.74 Å². The molecule has 2 aliphatic heterocycles. The Morgan fingerprint density at radius 1 is 1.12 bits per heavy atom. The molecule has 1 amide bonds. The molecule has 5 nitrogen and oxygen atoms in total. The molecule has 1 aromatic carbocycles. The highest BCUT2D eigenvalue weighted by atomic mass is 16.5. The van der Waals surface area contributed by atoms with E-state index in [2.05, 4.69) is 0 Å². The number of amides is 1. The van der Waals surface area contributed by atoms with E-state index < -0.39 is 5.60 Å². The molecule has 3 aliphatic rings. The van der Waals surface area contributed by atoms with Crippen molar-refractivity contribution >= 4 is 5.91 Å². The third-order valence-corrected chi connectivity index (χ3v) is 6.99. The van der Waals surface area contributed by atoms with Gasteiger partial charge < -0.3 is 19.8 Å². The summed E-state index contributed by atoms with van der Waals surface area (Å²) in [5, 5.41) is 20.1. The molecule has 0 spiro atoms. The van der Waals surface area contributed by atoms with Gasteiger partial charge in [0, 0.05) is 25.1 Å². The summed E-state index contributed by atoms with van der Waals surface area (Å²) in [5.41, 5.74) is 2.77. The van der Waals surface area contributed by atoms with Crippen molar-refractivity contribution in [3.05, 3.63) is 22.3 Å². The molecule has 3 atom stereocenters. The van der Waals surface area contributed by atoms with Crippen molar-refractivity contribution in [1.29, 1.82) is 0 Å². The van der Waals surface area contributed by atoms with E-state index in [1.54, 1.807) is 0 Å². The molecule has 1 saturated carbocycles. The minimum atomic E-state index is -0.856. The first-order valence-electron chi connectivity index (χ1n) is 9.69. The summed E-state index contributed by atoms with van der Waals surface area (Å²) in [6, 6.07) is 0. The Hall–Kier alpha value is -1.75. The fraction of sp³-hybridized carbons (Fsp3) is 0.667. The minimum Gasteiger partial charge on any atom is -0.507 e. The number of benzene rings is 1. The van der Waals surface area contributed by atoms with Gasteiger partial charge in [-0.05, 0) is 75.5 Å². The van der Waals surface area contributed by atoms with Gasteiger partial charge in [-0.15, -0.1) is 0 Å². The van der Waals surface area contributed by atoms with Crippen LogP contribution in [0.1, 0.15) is 48.4 Å². The van der Waals surface area contributed by atoms with Gasteiger partial charge in [-0.2, -0.15) is 0 Å². The monoisotopic (exact) mass is 359 g/mol. The largest absolute Gasteiger partial charge is 0.507 e. The summed E-state index contributed by atoms with van der Waals surface area (Å²) in [6.45, 7) is 9.13. The van der Waals surface area contributed by atoms with E-state index in [1.165, 1.54) is 0 Å². The average Bonchev–Trinajstić information content (AvgIpc) is 3.14. The van der Waals surface area contributed by atoms with Crippen LogP contribution >= 0.6 is 0 Å². The van der Waals surface area contributed by atoms with Crippen molar-refractivity contribution < 1.29 is 19.7 Å². The highest BCUT2D eigenvalue weighted by Crippen LogP contribution is 2.45. The fourth-order valence-electron chi connectivity index (χ4n) is 5.17. The van der Waals surface area contributed by atoms with E-state index in [9.17, 15) is 15.0 Å². The number of aliphatic hydroxyl groups excluding tert-OH is 1. The van der Waals surface area contributed by atoms with E-state index in [4.69, 9.17) is 4.74 Å². The Morgan fingerprint density at radius 3 is 2.35 bits per heavy atom. The molecule has 0 bridgehead atoms. The van der Waals surface area contributed by atoms with E-state index in [-0.39, 0.29) is 12.0 Å². The number of phenolic OH excluding ortho intramolecular Hbond substituents is 1. The zero-order valence-electron chi connectivity index (χ0n) is 16.1. The van der Waals surface area contributed by atoms with E-state index in [0.29, 0.717) is 24.0 Å². The molecular weight excluding hydrogens is 330 g/mol. The first-order valence-corrected chi connectivity index (χ1v) is 9.69. The number of phenols is 1. The Kier molecular flexibility index (Phi) is 3.99. The Morgan fingerprint density at radius 2 is 1.73 bits per heavy atom. The number of rotatable bonds is 1. The van der Waals surface area contributed by atoms with Crippen LogP contribution in [0.3, 0.4) is 0 Å². The summed E-state index contributed by atoms with van der Waals surface area (Å²) >= 11 is 0. The molecular formula is C21H29NO4. The van der Waals surface area contributed by atoms with Crippen LogP contribution in [0.2, 0.25) is 0 Å². The molecule has 0 aromatic heterocycles. The molecule has 2 N–H and O–H groups in total. The van der Waals surface area contributed by atoms with Gasteiger partial charge in [0.2, 0.25) is 0 Å². The van der Waals surface area contributed by atoms with Gasteiger partial charge in [0.05, 0.1) is 6.10 Å². The molecule has 26 heavy (non-hydrogen) atoms. The molecule has 0 radical (unpaired) electrons. The van der Waals surface area contributed by atoms with Crippen LogP contribution in [-0.4, -0.2) is 45.8 Å². The standard InChI is InChI=1S/C21H29NO4/c1-11-12(2)19-17(13(3)18(11)24)5-6-21(4,26-19)20(25)22-9-14-7-16(23)8-15(14)10-22/h14-16,23-24H,5-10H2,1-4H3. The number of hydrogen-bond acceptors (Lipinski definition) is 4. The number of aliphatic hydroxyl groups is 1. The second-order valence-corrected chi connectivity index (χ2v) is 8.72. The van der Waals surface area contributed by atoms with Gasteiger partial charge in [0.1, 0.15) is 11.5 Å². The normalized spacial score (nSPS) is 33.0. The van der Waals surface area contributed by atoms with Crippen molar-refractivity contribution in [1.82, 2.24) is 4.90 Å². The van der Waals surface area contributed by atoms with Gasteiger partial charge in [0.25, 0.3) is 5.91 Å². The zero-order chi connectivity index (χ0) is 18.8. The lowest BCUT2D eigenvalue weighted by Crippen LogP contribution is -2.52. The van der Waals surface area contributed by atoms with Crippen LogP contribution in [0.25, 0.3) is 0 Å². The van der Waals surface area contributed by atoms with Crippen molar-refractivity contribution in [2.45, 2.75) is 65.1 Å². The number of hydrogen-bond donors (Lipinski definition) is 2. The topological polar surface area (TPSA) is 70.0 Å². The fourth-order valence-corrected chi connectivity index (χ4v) is 5.17. The van der Waals surface area contributed by atoms with Crippen molar-refractivity contribution in [2.75, 3.05) is 13.1 Å². The van der Waals surface area contributed by atoms with Gasteiger partial charge >= 0.3 is 0 Å². The molecule has 1 aliphatic carbocycles. The molecule has 142 valence electrons.